The van der Waals surface area contributed by atoms with E-state index in [1.54, 1.807) is 0 Å². The van der Waals surface area contributed by atoms with E-state index < -0.39 is 11.8 Å². The van der Waals surface area contributed by atoms with Crippen LogP contribution in [0.25, 0.3) is 0 Å². The predicted octanol–water partition coefficient (Wildman–Crippen LogP) is 4.61. The summed E-state index contributed by atoms with van der Waals surface area (Å²) in [6.07, 6.45) is 2.89. The lowest BCUT2D eigenvalue weighted by molar-refractivity contribution is -0.258. The highest BCUT2D eigenvalue weighted by molar-refractivity contribution is 5.95. The number of hydrogen-bond acceptors (Lipinski definition) is 4. The molecule has 2 saturated carbocycles. The van der Waals surface area contributed by atoms with Gasteiger partial charge in [-0.1, -0.05) is 18.6 Å². The minimum absolute atomic E-state index is 0.118. The third kappa shape index (κ3) is 4.90. The zero-order valence-electron chi connectivity index (χ0n) is 19.1. The molecule has 1 aromatic carbocycles. The quantitative estimate of drug-likeness (QED) is 0.641. The summed E-state index contributed by atoms with van der Waals surface area (Å²) in [5.41, 5.74) is -2.73. The highest BCUT2D eigenvalue weighted by atomic mass is 19.4. The van der Waals surface area contributed by atoms with Gasteiger partial charge in [0.1, 0.15) is 0 Å². The molecular formula is C25H32F3N3O2. The fourth-order valence-electron chi connectivity index (χ4n) is 5.30. The molecular weight excluding hydrogens is 431 g/mol. The molecule has 3 fully saturated rings. The predicted molar refractivity (Wildman–Crippen MR) is 117 cm³/mol. The van der Waals surface area contributed by atoms with Crippen molar-refractivity contribution in [2.75, 3.05) is 19.6 Å². The Labute approximate surface area is 193 Å². The van der Waals surface area contributed by atoms with Crippen LogP contribution in [0.5, 0.6) is 0 Å². The van der Waals surface area contributed by atoms with Crippen LogP contribution in [0.3, 0.4) is 0 Å². The van der Waals surface area contributed by atoms with Crippen molar-refractivity contribution in [2.24, 2.45) is 5.41 Å². The van der Waals surface area contributed by atoms with Gasteiger partial charge < -0.3 is 14.9 Å². The summed E-state index contributed by atoms with van der Waals surface area (Å²) < 4.78 is 39.4. The first-order valence-corrected chi connectivity index (χ1v) is 11.9. The fourth-order valence-corrected chi connectivity index (χ4v) is 5.30. The molecule has 0 aromatic heterocycles. The number of nitriles is 1. The topological polar surface area (TPSA) is 67.6 Å². The Hall–Kier alpha value is -2.11. The summed E-state index contributed by atoms with van der Waals surface area (Å²) in [5.74, 6) is -0.144. The van der Waals surface area contributed by atoms with E-state index >= 15 is 0 Å². The Morgan fingerprint density at radius 2 is 1.73 bits per heavy atom. The number of rotatable bonds is 7. The van der Waals surface area contributed by atoms with E-state index in [0.29, 0.717) is 12.0 Å². The van der Waals surface area contributed by atoms with E-state index in [9.17, 15) is 23.1 Å². The third-order valence-electron chi connectivity index (χ3n) is 7.80. The van der Waals surface area contributed by atoms with E-state index in [1.165, 1.54) is 30.7 Å². The summed E-state index contributed by atoms with van der Waals surface area (Å²) in [5, 5.41) is 19.0. The standard InChI is InChI=1S/C25H32F3N3O2/c1-23(33,25(26,27)28)19-5-3-18(4-6-19)22(32)31(20-7-8-20)21-9-15-30(16-10-21)17-24(13-14-29)11-2-12-24/h3-6,20-21,33H,2,7-13,15-17H2,1H3. The number of carbonyl (C=O) groups is 1. The Morgan fingerprint density at radius 1 is 1.15 bits per heavy atom. The van der Waals surface area contributed by atoms with Crippen LogP contribution >= 0.6 is 0 Å². The zero-order valence-corrected chi connectivity index (χ0v) is 19.1. The lowest BCUT2D eigenvalue weighted by Gasteiger charge is -2.46. The molecule has 5 nitrogen and oxygen atoms in total. The Kier molecular flexibility index (Phi) is 6.49. The average molecular weight is 464 g/mol. The van der Waals surface area contributed by atoms with Crippen LogP contribution in [0.2, 0.25) is 0 Å². The molecule has 1 atom stereocenters. The maximum absolute atomic E-state index is 13.3. The van der Waals surface area contributed by atoms with Gasteiger partial charge in [-0.2, -0.15) is 18.4 Å². The molecule has 3 aliphatic rings. The number of amides is 1. The van der Waals surface area contributed by atoms with Crippen LogP contribution in [-0.4, -0.2) is 58.7 Å². The molecule has 180 valence electrons. The number of piperidine rings is 1. The van der Waals surface area contributed by atoms with Crippen LogP contribution < -0.4 is 0 Å². The first-order valence-electron chi connectivity index (χ1n) is 11.9. The molecule has 0 spiro atoms. The molecule has 1 aliphatic heterocycles. The average Bonchev–Trinajstić information content (AvgIpc) is 3.58. The van der Waals surface area contributed by atoms with Crippen LogP contribution in [0.1, 0.15) is 74.2 Å². The third-order valence-corrected chi connectivity index (χ3v) is 7.80. The monoisotopic (exact) mass is 463 g/mol. The molecule has 4 rings (SSSR count). The Bertz CT molecular complexity index is 891. The van der Waals surface area contributed by atoms with Gasteiger partial charge >= 0.3 is 6.18 Å². The largest absolute Gasteiger partial charge is 0.421 e. The number of halogens is 3. The van der Waals surface area contributed by atoms with Crippen molar-refractivity contribution in [3.63, 3.8) is 0 Å². The first kappa shape index (κ1) is 24.0. The highest BCUT2D eigenvalue weighted by Crippen LogP contribution is 2.45. The maximum atomic E-state index is 13.3. The smallest absolute Gasteiger partial charge is 0.376 e. The number of hydrogen-bond donors (Lipinski definition) is 1. The summed E-state index contributed by atoms with van der Waals surface area (Å²) in [4.78, 5) is 17.7. The minimum atomic E-state index is -4.79. The van der Waals surface area contributed by atoms with Crippen LogP contribution in [0.4, 0.5) is 13.2 Å². The second-order valence-corrected chi connectivity index (χ2v) is 10.3. The number of alkyl halides is 3. The summed E-state index contributed by atoms with van der Waals surface area (Å²) in [6, 6.07) is 7.84. The molecule has 1 aromatic rings. The van der Waals surface area contributed by atoms with Crippen LogP contribution in [0, 0.1) is 16.7 Å². The van der Waals surface area contributed by atoms with Gasteiger partial charge in [0, 0.05) is 43.7 Å². The van der Waals surface area contributed by atoms with E-state index in [1.807, 2.05) is 4.90 Å². The normalized spacial score (nSPS) is 23.3. The molecule has 1 heterocycles. The van der Waals surface area contributed by atoms with E-state index in [0.717, 1.165) is 65.1 Å². The lowest BCUT2D eigenvalue weighted by Crippen LogP contribution is -2.51. The SMILES string of the molecule is CC(O)(c1ccc(C(=O)N(C2CC2)C2CCN(CC3(CC#N)CCC3)CC2)cc1)C(F)(F)F. The van der Waals surface area contributed by atoms with Crippen LogP contribution in [0.15, 0.2) is 24.3 Å². The summed E-state index contributed by atoms with van der Waals surface area (Å²) in [7, 11) is 0. The Morgan fingerprint density at radius 3 is 2.18 bits per heavy atom. The van der Waals surface area contributed by atoms with Crippen LogP contribution in [-0.2, 0) is 5.60 Å². The zero-order chi connectivity index (χ0) is 23.9. The minimum Gasteiger partial charge on any atom is -0.376 e. The molecule has 1 N–H and O–H groups in total. The summed E-state index contributed by atoms with van der Waals surface area (Å²) in [6.45, 7) is 3.45. The summed E-state index contributed by atoms with van der Waals surface area (Å²) >= 11 is 0. The van der Waals surface area contributed by atoms with Crippen molar-refractivity contribution in [3.05, 3.63) is 35.4 Å². The molecule has 8 heteroatoms. The lowest BCUT2D eigenvalue weighted by atomic mass is 9.66. The van der Waals surface area contributed by atoms with Crippen molar-refractivity contribution in [3.8, 4) is 6.07 Å². The number of likely N-dealkylation sites (tertiary alicyclic amines) is 1. The van der Waals surface area contributed by atoms with Crippen molar-refractivity contribution >= 4 is 5.91 Å². The van der Waals surface area contributed by atoms with Gasteiger partial charge in [0.05, 0.1) is 6.07 Å². The number of carbonyl (C=O) groups excluding carboxylic acids is 1. The van der Waals surface area contributed by atoms with E-state index in [2.05, 4.69) is 11.0 Å². The second kappa shape index (κ2) is 8.92. The van der Waals surface area contributed by atoms with E-state index in [4.69, 9.17) is 5.26 Å². The fraction of sp³-hybridized carbons (Fsp3) is 0.680. The van der Waals surface area contributed by atoms with Gasteiger partial charge in [0.25, 0.3) is 5.91 Å². The molecule has 2 aliphatic carbocycles. The molecule has 0 radical (unpaired) electrons. The van der Waals surface area contributed by atoms with Gasteiger partial charge in [0.15, 0.2) is 5.60 Å². The van der Waals surface area contributed by atoms with Crippen molar-refractivity contribution in [1.29, 1.82) is 5.26 Å². The Balaban J connectivity index is 1.40. The van der Waals surface area contributed by atoms with Gasteiger partial charge in [-0.15, -0.1) is 0 Å². The number of aliphatic hydroxyl groups is 1. The number of nitrogens with zero attached hydrogens (tertiary/aromatic N) is 3. The van der Waals surface area contributed by atoms with Gasteiger partial charge in [-0.05, 0) is 68.6 Å². The van der Waals surface area contributed by atoms with Crippen molar-refractivity contribution < 1.29 is 23.1 Å². The molecule has 1 saturated heterocycles. The molecule has 33 heavy (non-hydrogen) atoms. The van der Waals surface area contributed by atoms with Gasteiger partial charge in [-0.25, -0.2) is 0 Å². The van der Waals surface area contributed by atoms with Crippen molar-refractivity contribution in [2.45, 2.75) is 82.2 Å². The molecule has 1 amide bonds. The maximum Gasteiger partial charge on any atom is 0.421 e. The molecule has 0 bridgehead atoms. The highest BCUT2D eigenvalue weighted by Gasteiger charge is 2.51. The van der Waals surface area contributed by atoms with Crippen molar-refractivity contribution in [1.82, 2.24) is 9.80 Å². The molecule has 1 unspecified atom stereocenters. The van der Waals surface area contributed by atoms with Gasteiger partial charge in [-0.3, -0.25) is 4.79 Å². The van der Waals surface area contributed by atoms with Gasteiger partial charge in [0.2, 0.25) is 0 Å². The first-order chi connectivity index (χ1) is 15.6. The second-order valence-electron chi connectivity index (χ2n) is 10.3. The number of benzene rings is 1. The van der Waals surface area contributed by atoms with E-state index in [-0.39, 0.29) is 29.0 Å².